The van der Waals surface area contributed by atoms with Gasteiger partial charge in [-0.3, -0.25) is 0 Å². The van der Waals surface area contributed by atoms with Crippen LogP contribution in [0.5, 0.6) is 0 Å². The average molecular weight is 255 g/mol. The van der Waals surface area contributed by atoms with Crippen molar-refractivity contribution in [1.82, 2.24) is 5.32 Å². The molecule has 2 aliphatic carbocycles. The van der Waals surface area contributed by atoms with E-state index in [0.717, 1.165) is 11.8 Å². The van der Waals surface area contributed by atoms with Crippen LogP contribution in [0.2, 0.25) is 0 Å². The Kier molecular flexibility index (Phi) is 5.23. The van der Waals surface area contributed by atoms with Gasteiger partial charge in [-0.05, 0) is 50.3 Å². The lowest BCUT2D eigenvalue weighted by atomic mass is 9.83. The molecule has 0 atom stereocenters. The summed E-state index contributed by atoms with van der Waals surface area (Å²) in [4.78, 5) is 0. The van der Waals surface area contributed by atoms with E-state index in [-0.39, 0.29) is 0 Å². The molecule has 2 aliphatic rings. The molecule has 0 aromatic rings. The lowest BCUT2D eigenvalue weighted by molar-refractivity contribution is 0.279. The summed E-state index contributed by atoms with van der Waals surface area (Å²) in [5.74, 6) is 1.95. The summed E-state index contributed by atoms with van der Waals surface area (Å²) in [6, 6.07) is 0. The predicted octanol–water partition coefficient (Wildman–Crippen LogP) is 4.08. The Balaban J connectivity index is 1.65. The number of rotatable bonds is 5. The predicted molar refractivity (Wildman–Crippen MR) is 78.7 cm³/mol. The van der Waals surface area contributed by atoms with E-state index in [4.69, 9.17) is 0 Å². The molecule has 100 valence electrons. The third-order valence-electron chi connectivity index (χ3n) is 4.96. The monoisotopic (exact) mass is 255 g/mol. The summed E-state index contributed by atoms with van der Waals surface area (Å²) in [6.45, 7) is 4.93. The summed E-state index contributed by atoms with van der Waals surface area (Å²) >= 11 is 2.10. The molecule has 0 spiro atoms. The summed E-state index contributed by atoms with van der Waals surface area (Å²) in [7, 11) is 0. The largest absolute Gasteiger partial charge is 0.315 e. The molecule has 1 N–H and O–H groups in total. The Bertz CT molecular complexity index is 215. The highest BCUT2D eigenvalue weighted by molar-refractivity contribution is 8.00. The first-order valence-electron chi connectivity index (χ1n) is 7.50. The van der Waals surface area contributed by atoms with E-state index >= 15 is 0 Å². The molecule has 0 aromatic carbocycles. The normalized spacial score (nSPS) is 32.8. The van der Waals surface area contributed by atoms with Crippen LogP contribution in [0.25, 0.3) is 0 Å². The van der Waals surface area contributed by atoms with Crippen LogP contribution >= 0.6 is 11.8 Å². The zero-order chi connectivity index (χ0) is 12.1. The first-order valence-corrected chi connectivity index (χ1v) is 8.72. The smallest absolute Gasteiger partial charge is 0.0281 e. The highest BCUT2D eigenvalue weighted by Gasteiger charge is 2.32. The molecule has 0 saturated heterocycles. The fraction of sp³-hybridized carbons (Fsp3) is 1.00. The van der Waals surface area contributed by atoms with Gasteiger partial charge in [-0.25, -0.2) is 0 Å². The Morgan fingerprint density at radius 3 is 2.35 bits per heavy atom. The second kappa shape index (κ2) is 6.47. The molecule has 0 aliphatic heterocycles. The van der Waals surface area contributed by atoms with Gasteiger partial charge >= 0.3 is 0 Å². The number of nitrogens with one attached hydrogen (secondary N) is 1. The number of hydrogen-bond donors (Lipinski definition) is 1. The number of hydrogen-bond acceptors (Lipinski definition) is 2. The Morgan fingerprint density at radius 1 is 1.12 bits per heavy atom. The van der Waals surface area contributed by atoms with Gasteiger partial charge < -0.3 is 5.32 Å². The second-order valence-corrected chi connectivity index (χ2v) is 7.63. The van der Waals surface area contributed by atoms with Crippen molar-refractivity contribution in [2.45, 2.75) is 63.0 Å². The van der Waals surface area contributed by atoms with Crippen LogP contribution in [0.3, 0.4) is 0 Å². The molecule has 2 heteroatoms. The molecule has 2 rings (SSSR count). The fourth-order valence-corrected chi connectivity index (χ4v) is 4.45. The zero-order valence-electron chi connectivity index (χ0n) is 11.6. The van der Waals surface area contributed by atoms with Crippen LogP contribution in [0.4, 0.5) is 0 Å². The van der Waals surface area contributed by atoms with E-state index in [2.05, 4.69) is 30.3 Å². The summed E-state index contributed by atoms with van der Waals surface area (Å²) in [5.41, 5.74) is 0. The lowest BCUT2D eigenvalue weighted by Crippen LogP contribution is -2.38. The van der Waals surface area contributed by atoms with Gasteiger partial charge in [0, 0.05) is 11.3 Å². The average Bonchev–Trinajstić information content (AvgIpc) is 2.81. The topological polar surface area (TPSA) is 12.0 Å². The van der Waals surface area contributed by atoms with Gasteiger partial charge in [-0.1, -0.05) is 32.6 Å². The van der Waals surface area contributed by atoms with Crippen molar-refractivity contribution < 1.29 is 0 Å². The summed E-state index contributed by atoms with van der Waals surface area (Å²) in [5, 5.41) is 3.78. The van der Waals surface area contributed by atoms with E-state index in [1.807, 2.05) is 0 Å². The van der Waals surface area contributed by atoms with Crippen LogP contribution in [-0.2, 0) is 0 Å². The van der Waals surface area contributed by atoms with Gasteiger partial charge in [-0.2, -0.15) is 11.8 Å². The quantitative estimate of drug-likeness (QED) is 0.794. The van der Waals surface area contributed by atoms with Crippen molar-refractivity contribution in [2.75, 3.05) is 19.3 Å². The highest BCUT2D eigenvalue weighted by Crippen LogP contribution is 2.39. The van der Waals surface area contributed by atoms with Crippen molar-refractivity contribution in [2.24, 2.45) is 11.8 Å². The molecule has 0 amide bonds. The van der Waals surface area contributed by atoms with Crippen LogP contribution in [0.1, 0.15) is 58.3 Å². The van der Waals surface area contributed by atoms with Crippen molar-refractivity contribution in [1.29, 1.82) is 0 Å². The molecule has 0 radical (unpaired) electrons. The van der Waals surface area contributed by atoms with Gasteiger partial charge in [0.2, 0.25) is 0 Å². The van der Waals surface area contributed by atoms with Crippen molar-refractivity contribution >= 4 is 11.8 Å². The van der Waals surface area contributed by atoms with Crippen LogP contribution < -0.4 is 5.32 Å². The maximum absolute atomic E-state index is 3.78. The molecule has 17 heavy (non-hydrogen) atoms. The molecule has 0 aromatic heterocycles. The van der Waals surface area contributed by atoms with E-state index < -0.39 is 0 Å². The van der Waals surface area contributed by atoms with Crippen LogP contribution in [0, 0.1) is 11.8 Å². The molecule has 2 fully saturated rings. The van der Waals surface area contributed by atoms with Gasteiger partial charge in [0.15, 0.2) is 0 Å². The second-order valence-electron chi connectivity index (χ2n) is 6.35. The van der Waals surface area contributed by atoms with Crippen LogP contribution in [0.15, 0.2) is 0 Å². The fourth-order valence-electron chi connectivity index (χ4n) is 3.51. The van der Waals surface area contributed by atoms with Gasteiger partial charge in [0.1, 0.15) is 0 Å². The Hall–Kier alpha value is 0.310. The molecule has 0 heterocycles. The number of thioether (sulfide) groups is 1. The first-order chi connectivity index (χ1) is 8.24. The minimum atomic E-state index is 0.585. The minimum absolute atomic E-state index is 0.585. The molecular formula is C15H29NS. The highest BCUT2D eigenvalue weighted by atomic mass is 32.2. The van der Waals surface area contributed by atoms with E-state index in [1.54, 1.807) is 0 Å². The van der Waals surface area contributed by atoms with Crippen molar-refractivity contribution in [3.63, 3.8) is 0 Å². The molecule has 0 unspecified atom stereocenters. The van der Waals surface area contributed by atoms with Crippen molar-refractivity contribution in [3.8, 4) is 0 Å². The van der Waals surface area contributed by atoms with E-state index in [0.29, 0.717) is 4.75 Å². The third kappa shape index (κ3) is 3.89. The zero-order valence-corrected chi connectivity index (χ0v) is 12.5. The summed E-state index contributed by atoms with van der Waals surface area (Å²) in [6.07, 6.45) is 13.9. The first kappa shape index (κ1) is 13.7. The van der Waals surface area contributed by atoms with Crippen LogP contribution in [-0.4, -0.2) is 24.1 Å². The summed E-state index contributed by atoms with van der Waals surface area (Å²) < 4.78 is 0.585. The van der Waals surface area contributed by atoms with Crippen molar-refractivity contribution in [3.05, 3.63) is 0 Å². The maximum atomic E-state index is 3.78. The minimum Gasteiger partial charge on any atom is -0.315 e. The molecule has 0 bridgehead atoms. The third-order valence-corrected chi connectivity index (χ3v) is 6.38. The molecule has 1 nitrogen and oxygen atoms in total. The molecule has 2 saturated carbocycles. The molecular weight excluding hydrogens is 226 g/mol. The maximum Gasteiger partial charge on any atom is 0.0281 e. The standard InChI is InChI=1S/C15H29NS/c1-13-5-7-14(8-6-13)11-16-12-15(17-2)9-3-4-10-15/h13-14,16H,3-12H2,1-2H3. The Labute approximate surface area is 112 Å². The lowest BCUT2D eigenvalue weighted by Gasteiger charge is -2.30. The van der Waals surface area contributed by atoms with Gasteiger partial charge in [0.05, 0.1) is 0 Å². The van der Waals surface area contributed by atoms with Gasteiger partial charge in [-0.15, -0.1) is 0 Å². The van der Waals surface area contributed by atoms with Gasteiger partial charge in [0.25, 0.3) is 0 Å². The van der Waals surface area contributed by atoms with E-state index in [1.165, 1.54) is 64.5 Å². The SMILES string of the molecule is CSC1(CNCC2CCC(C)CC2)CCCC1. The van der Waals surface area contributed by atoms with E-state index in [9.17, 15) is 0 Å². The Morgan fingerprint density at radius 2 is 1.76 bits per heavy atom.